The molecule has 6 heteroatoms. The monoisotopic (exact) mass is 267 g/mol. The standard InChI is InChI=1S/C13H25N5O/c1-6-17(7-2)13(19)10(5)15-12-11(14)9(4)16-18(12)8-3/h10,15H,6-8,14H2,1-5H3. The van der Waals surface area contributed by atoms with Gasteiger partial charge in [0.2, 0.25) is 5.91 Å². The van der Waals surface area contributed by atoms with Gasteiger partial charge in [0.15, 0.2) is 0 Å². The van der Waals surface area contributed by atoms with E-state index >= 15 is 0 Å². The molecule has 108 valence electrons. The van der Waals surface area contributed by atoms with Crippen molar-refractivity contribution in [1.82, 2.24) is 14.7 Å². The molecule has 0 aliphatic heterocycles. The third-order valence-corrected chi connectivity index (χ3v) is 3.27. The Balaban J connectivity index is 2.87. The second-order valence-electron chi connectivity index (χ2n) is 4.54. The number of likely N-dealkylation sites (N-methyl/N-ethyl adjacent to an activating group) is 1. The molecule has 19 heavy (non-hydrogen) atoms. The van der Waals surface area contributed by atoms with Crippen LogP contribution in [0.3, 0.4) is 0 Å². The fraction of sp³-hybridized carbons (Fsp3) is 0.692. The molecule has 0 aromatic carbocycles. The number of hydrogen-bond donors (Lipinski definition) is 2. The van der Waals surface area contributed by atoms with Crippen molar-refractivity contribution in [3.05, 3.63) is 5.69 Å². The summed E-state index contributed by atoms with van der Waals surface area (Å²) in [5.74, 6) is 0.805. The highest BCUT2D eigenvalue weighted by atomic mass is 16.2. The molecule has 0 spiro atoms. The summed E-state index contributed by atoms with van der Waals surface area (Å²) in [6.45, 7) is 11.8. The van der Waals surface area contributed by atoms with Gasteiger partial charge >= 0.3 is 0 Å². The molecule has 0 saturated heterocycles. The minimum Gasteiger partial charge on any atom is -0.394 e. The lowest BCUT2D eigenvalue weighted by atomic mass is 10.2. The van der Waals surface area contributed by atoms with E-state index in [1.54, 1.807) is 9.58 Å². The molecule has 0 fully saturated rings. The topological polar surface area (TPSA) is 76.2 Å². The lowest BCUT2D eigenvalue weighted by Gasteiger charge is -2.24. The minimum atomic E-state index is -0.316. The quantitative estimate of drug-likeness (QED) is 0.818. The van der Waals surface area contributed by atoms with Crippen molar-refractivity contribution >= 4 is 17.4 Å². The van der Waals surface area contributed by atoms with E-state index < -0.39 is 0 Å². The van der Waals surface area contributed by atoms with E-state index in [2.05, 4.69) is 10.4 Å². The molecule has 1 amide bonds. The molecular weight excluding hydrogens is 242 g/mol. The molecule has 1 aromatic heterocycles. The van der Waals surface area contributed by atoms with Gasteiger partial charge in [0, 0.05) is 19.6 Å². The number of anilines is 2. The van der Waals surface area contributed by atoms with Crippen molar-refractivity contribution in [3.8, 4) is 0 Å². The fourth-order valence-corrected chi connectivity index (χ4v) is 2.05. The number of rotatable bonds is 6. The Bertz CT molecular complexity index is 436. The molecule has 1 heterocycles. The van der Waals surface area contributed by atoms with E-state index in [1.165, 1.54) is 0 Å². The number of hydrogen-bond acceptors (Lipinski definition) is 4. The highest BCUT2D eigenvalue weighted by Crippen LogP contribution is 2.23. The lowest BCUT2D eigenvalue weighted by molar-refractivity contribution is -0.131. The van der Waals surface area contributed by atoms with Gasteiger partial charge in [0.25, 0.3) is 0 Å². The zero-order chi connectivity index (χ0) is 14.6. The van der Waals surface area contributed by atoms with Crippen LogP contribution in [0.25, 0.3) is 0 Å². The van der Waals surface area contributed by atoms with Crippen LogP contribution in [0, 0.1) is 6.92 Å². The Morgan fingerprint density at radius 2 is 2.00 bits per heavy atom. The van der Waals surface area contributed by atoms with E-state index in [4.69, 9.17) is 5.73 Å². The van der Waals surface area contributed by atoms with Crippen LogP contribution in [-0.4, -0.2) is 39.7 Å². The average Bonchev–Trinajstić information content (AvgIpc) is 2.67. The van der Waals surface area contributed by atoms with Crippen LogP contribution in [0.4, 0.5) is 11.5 Å². The van der Waals surface area contributed by atoms with Crippen molar-refractivity contribution in [2.24, 2.45) is 0 Å². The molecule has 1 atom stereocenters. The average molecular weight is 267 g/mol. The van der Waals surface area contributed by atoms with Crippen LogP contribution in [0.15, 0.2) is 0 Å². The highest BCUT2D eigenvalue weighted by Gasteiger charge is 2.21. The number of amides is 1. The molecule has 6 nitrogen and oxygen atoms in total. The number of carbonyl (C=O) groups is 1. The first-order chi connectivity index (χ1) is 8.96. The maximum absolute atomic E-state index is 12.2. The van der Waals surface area contributed by atoms with E-state index in [9.17, 15) is 4.79 Å². The maximum Gasteiger partial charge on any atom is 0.244 e. The van der Waals surface area contributed by atoms with Gasteiger partial charge < -0.3 is 16.0 Å². The molecule has 0 saturated carbocycles. The molecule has 1 unspecified atom stereocenters. The molecule has 1 rings (SSSR count). The van der Waals surface area contributed by atoms with E-state index in [0.29, 0.717) is 25.3 Å². The zero-order valence-electron chi connectivity index (χ0n) is 12.5. The summed E-state index contributed by atoms with van der Waals surface area (Å²) in [6.07, 6.45) is 0. The second kappa shape index (κ2) is 6.45. The SMILES string of the molecule is CCN(CC)C(=O)C(C)Nc1c(N)c(C)nn1CC. The Morgan fingerprint density at radius 3 is 2.47 bits per heavy atom. The Kier molecular flexibility index (Phi) is 5.20. The summed E-state index contributed by atoms with van der Waals surface area (Å²) in [5, 5.41) is 7.51. The lowest BCUT2D eigenvalue weighted by Crippen LogP contribution is -2.41. The number of aryl methyl sites for hydroxylation is 2. The van der Waals surface area contributed by atoms with Gasteiger partial charge in [-0.1, -0.05) is 0 Å². The molecule has 0 radical (unpaired) electrons. The van der Waals surface area contributed by atoms with Gasteiger partial charge in [-0.3, -0.25) is 4.79 Å². The minimum absolute atomic E-state index is 0.0749. The van der Waals surface area contributed by atoms with Gasteiger partial charge in [0.1, 0.15) is 11.9 Å². The first-order valence-electron chi connectivity index (χ1n) is 6.84. The van der Waals surface area contributed by atoms with Gasteiger partial charge in [-0.2, -0.15) is 5.10 Å². The molecular formula is C13H25N5O. The summed E-state index contributed by atoms with van der Waals surface area (Å²) in [4.78, 5) is 14.0. The van der Waals surface area contributed by atoms with Crippen molar-refractivity contribution in [2.45, 2.75) is 47.2 Å². The van der Waals surface area contributed by atoms with Crippen molar-refractivity contribution in [2.75, 3.05) is 24.1 Å². The van der Waals surface area contributed by atoms with Crippen molar-refractivity contribution < 1.29 is 4.79 Å². The Morgan fingerprint density at radius 1 is 1.42 bits per heavy atom. The van der Waals surface area contributed by atoms with Crippen molar-refractivity contribution in [1.29, 1.82) is 0 Å². The second-order valence-corrected chi connectivity index (χ2v) is 4.54. The third-order valence-electron chi connectivity index (χ3n) is 3.27. The summed E-state index contributed by atoms with van der Waals surface area (Å²) in [7, 11) is 0. The van der Waals surface area contributed by atoms with E-state index in [-0.39, 0.29) is 11.9 Å². The predicted octanol–water partition coefficient (Wildman–Crippen LogP) is 1.46. The molecule has 1 aromatic rings. The normalized spacial score (nSPS) is 12.3. The highest BCUT2D eigenvalue weighted by molar-refractivity contribution is 5.85. The first kappa shape index (κ1) is 15.3. The molecule has 0 aliphatic carbocycles. The number of nitrogens with one attached hydrogen (secondary N) is 1. The van der Waals surface area contributed by atoms with Crippen LogP contribution in [0.2, 0.25) is 0 Å². The molecule has 3 N–H and O–H groups in total. The molecule has 0 aliphatic rings. The van der Waals surface area contributed by atoms with Crippen LogP contribution in [0.5, 0.6) is 0 Å². The van der Waals surface area contributed by atoms with Gasteiger partial charge in [-0.15, -0.1) is 0 Å². The summed E-state index contributed by atoms with van der Waals surface area (Å²) < 4.78 is 1.79. The van der Waals surface area contributed by atoms with Crippen LogP contribution in [0.1, 0.15) is 33.4 Å². The van der Waals surface area contributed by atoms with E-state index in [0.717, 1.165) is 11.5 Å². The number of aromatic nitrogens is 2. The third kappa shape index (κ3) is 3.19. The number of carbonyl (C=O) groups excluding carboxylic acids is 1. The maximum atomic E-state index is 12.2. The summed E-state index contributed by atoms with van der Waals surface area (Å²) in [6, 6.07) is -0.316. The van der Waals surface area contributed by atoms with E-state index in [1.807, 2.05) is 34.6 Å². The number of nitrogens with zero attached hydrogens (tertiary/aromatic N) is 3. The predicted molar refractivity (Wildman–Crippen MR) is 78.1 cm³/mol. The number of nitrogen functional groups attached to an aromatic ring is 1. The van der Waals surface area contributed by atoms with Gasteiger partial charge in [0.05, 0.1) is 11.4 Å². The van der Waals surface area contributed by atoms with Crippen LogP contribution >= 0.6 is 0 Å². The Hall–Kier alpha value is -1.72. The van der Waals surface area contributed by atoms with Crippen LogP contribution in [-0.2, 0) is 11.3 Å². The zero-order valence-corrected chi connectivity index (χ0v) is 12.5. The number of nitrogens with two attached hydrogens (primary N) is 1. The smallest absolute Gasteiger partial charge is 0.244 e. The van der Waals surface area contributed by atoms with Crippen molar-refractivity contribution in [3.63, 3.8) is 0 Å². The van der Waals surface area contributed by atoms with Gasteiger partial charge in [-0.25, -0.2) is 4.68 Å². The van der Waals surface area contributed by atoms with Crippen LogP contribution < -0.4 is 11.1 Å². The van der Waals surface area contributed by atoms with Gasteiger partial charge in [-0.05, 0) is 34.6 Å². The first-order valence-corrected chi connectivity index (χ1v) is 6.84. The summed E-state index contributed by atoms with van der Waals surface area (Å²) >= 11 is 0. The fourth-order valence-electron chi connectivity index (χ4n) is 2.05. The Labute approximate surface area is 114 Å². The molecule has 0 bridgehead atoms. The summed E-state index contributed by atoms with van der Waals surface area (Å²) in [5.41, 5.74) is 7.39. The largest absolute Gasteiger partial charge is 0.394 e.